The summed E-state index contributed by atoms with van der Waals surface area (Å²) in [4.78, 5) is 28.0. The lowest BCUT2D eigenvalue weighted by atomic mass is 10.3. The van der Waals surface area contributed by atoms with Gasteiger partial charge in [-0.2, -0.15) is 0 Å². The van der Waals surface area contributed by atoms with Gasteiger partial charge < -0.3 is 10.1 Å². The van der Waals surface area contributed by atoms with Crippen LogP contribution in [0, 0.1) is 6.92 Å². The number of aryl methyl sites for hydroxylation is 1. The zero-order valence-electron chi connectivity index (χ0n) is 11.5. The van der Waals surface area contributed by atoms with Crippen LogP contribution in [0.1, 0.15) is 15.4 Å². The first-order valence-corrected chi connectivity index (χ1v) is 8.40. The summed E-state index contributed by atoms with van der Waals surface area (Å²) < 4.78 is 4.91. The molecule has 1 aromatic heterocycles. The van der Waals surface area contributed by atoms with Crippen molar-refractivity contribution in [3.63, 3.8) is 0 Å². The van der Waals surface area contributed by atoms with E-state index in [1.54, 1.807) is 6.92 Å². The number of carbonyl (C=O) groups is 2. The number of hydrogen-bond acceptors (Lipinski definition) is 5. The predicted octanol–water partition coefficient (Wildman–Crippen LogP) is 4.86. The Morgan fingerprint density at radius 2 is 1.83 bits per heavy atom. The average molecular weight is 414 g/mol. The average Bonchev–Trinajstić information content (AvgIpc) is 2.93. The van der Waals surface area contributed by atoms with Gasteiger partial charge in [0.1, 0.15) is 4.88 Å². The molecule has 2 rings (SSSR count). The molecule has 1 aromatic carbocycles. The maximum absolute atomic E-state index is 11.9. The van der Waals surface area contributed by atoms with Crippen molar-refractivity contribution in [2.24, 2.45) is 0 Å². The summed E-state index contributed by atoms with van der Waals surface area (Å²) in [6.07, 6.45) is 0. The summed E-state index contributed by atoms with van der Waals surface area (Å²) in [7, 11) is 0. The highest BCUT2D eigenvalue weighted by Gasteiger charge is 2.18. The Morgan fingerprint density at radius 1 is 1.22 bits per heavy atom. The molecule has 0 radical (unpaired) electrons. The fraction of sp³-hybridized carbons (Fsp3) is 0.154. The van der Waals surface area contributed by atoms with Crippen LogP contribution in [-0.2, 0) is 9.53 Å². The van der Waals surface area contributed by atoms with Gasteiger partial charge in [-0.25, -0.2) is 9.78 Å². The largest absolute Gasteiger partial charge is 0.451 e. The second-order valence-electron chi connectivity index (χ2n) is 4.23. The minimum atomic E-state index is -0.638. The third-order valence-electron chi connectivity index (χ3n) is 2.64. The van der Waals surface area contributed by atoms with Crippen LogP contribution in [0.3, 0.4) is 0 Å². The van der Waals surface area contributed by atoms with Gasteiger partial charge in [0.05, 0.1) is 37.0 Å². The van der Waals surface area contributed by atoms with Gasteiger partial charge in [-0.1, -0.05) is 46.4 Å². The van der Waals surface area contributed by atoms with Gasteiger partial charge in [0.25, 0.3) is 5.91 Å². The van der Waals surface area contributed by atoms with Gasteiger partial charge in [0, 0.05) is 0 Å². The molecule has 1 amide bonds. The molecule has 0 bridgehead atoms. The molecule has 0 fully saturated rings. The highest BCUT2D eigenvalue weighted by atomic mass is 35.5. The highest BCUT2D eigenvalue weighted by molar-refractivity contribution is 7.11. The van der Waals surface area contributed by atoms with E-state index in [1.807, 2.05) is 0 Å². The number of esters is 1. The molecule has 0 atom stereocenters. The number of aromatic nitrogens is 1. The van der Waals surface area contributed by atoms with Gasteiger partial charge in [0.15, 0.2) is 6.61 Å². The monoisotopic (exact) mass is 412 g/mol. The molecule has 0 unspecified atom stereocenters. The third kappa shape index (κ3) is 4.28. The van der Waals surface area contributed by atoms with E-state index < -0.39 is 18.5 Å². The lowest BCUT2D eigenvalue weighted by Gasteiger charge is -2.12. The molecular formula is C13H8Cl4N2O3S. The zero-order chi connectivity index (χ0) is 17.1. The Hall–Kier alpha value is -1.05. The number of hydrogen-bond donors (Lipinski definition) is 1. The van der Waals surface area contributed by atoms with E-state index in [1.165, 1.54) is 11.6 Å². The summed E-state index contributed by atoms with van der Waals surface area (Å²) in [6.45, 7) is 1.15. The van der Waals surface area contributed by atoms with Crippen molar-refractivity contribution in [3.8, 4) is 0 Å². The molecule has 1 N–H and O–H groups in total. The zero-order valence-corrected chi connectivity index (χ0v) is 15.3. The summed E-state index contributed by atoms with van der Waals surface area (Å²) in [5, 5.41) is 2.76. The van der Waals surface area contributed by atoms with Crippen LogP contribution in [0.25, 0.3) is 0 Å². The molecule has 0 saturated heterocycles. The van der Waals surface area contributed by atoms with E-state index in [9.17, 15) is 9.59 Å². The van der Waals surface area contributed by atoms with Gasteiger partial charge in [0.2, 0.25) is 0 Å². The summed E-state index contributed by atoms with van der Waals surface area (Å²) in [5.41, 5.74) is 2.11. The Morgan fingerprint density at radius 3 is 2.35 bits per heavy atom. The maximum atomic E-state index is 11.9. The first-order valence-electron chi connectivity index (χ1n) is 6.01. The fourth-order valence-electron chi connectivity index (χ4n) is 1.55. The molecule has 122 valence electrons. The quantitative estimate of drug-likeness (QED) is 0.573. The number of nitrogens with one attached hydrogen (secondary N) is 1. The van der Waals surface area contributed by atoms with Crippen LogP contribution >= 0.6 is 57.7 Å². The molecule has 0 spiro atoms. The molecule has 5 nitrogen and oxygen atoms in total. The van der Waals surface area contributed by atoms with Crippen molar-refractivity contribution in [3.05, 3.63) is 42.2 Å². The van der Waals surface area contributed by atoms with Crippen LogP contribution in [0.15, 0.2) is 11.6 Å². The van der Waals surface area contributed by atoms with E-state index >= 15 is 0 Å². The topological polar surface area (TPSA) is 68.3 Å². The number of amides is 1. The molecular weight excluding hydrogens is 406 g/mol. The molecule has 10 heteroatoms. The van der Waals surface area contributed by atoms with Crippen LogP contribution in [0.5, 0.6) is 0 Å². The number of anilines is 1. The Kier molecular flexibility index (Phi) is 6.11. The van der Waals surface area contributed by atoms with E-state index in [2.05, 4.69) is 10.3 Å². The molecule has 0 saturated carbocycles. The molecule has 2 aromatic rings. The van der Waals surface area contributed by atoms with Crippen molar-refractivity contribution in [2.45, 2.75) is 6.92 Å². The number of ether oxygens (including phenoxy) is 1. The Labute approximate surface area is 155 Å². The molecule has 0 aliphatic heterocycles. The molecule has 0 aliphatic carbocycles. The van der Waals surface area contributed by atoms with Crippen LogP contribution in [0.4, 0.5) is 5.69 Å². The van der Waals surface area contributed by atoms with Crippen molar-refractivity contribution >= 4 is 75.3 Å². The number of halogens is 4. The normalized spacial score (nSPS) is 10.5. The lowest BCUT2D eigenvalue weighted by Crippen LogP contribution is -2.21. The van der Waals surface area contributed by atoms with Crippen LogP contribution in [-0.4, -0.2) is 23.5 Å². The number of nitrogens with zero attached hydrogens (tertiary/aromatic N) is 1. The first kappa shape index (κ1) is 18.3. The SMILES string of the molecule is Cc1ncsc1C(=O)OCC(=O)Nc1c(Cl)c(Cl)cc(Cl)c1Cl. The maximum Gasteiger partial charge on any atom is 0.350 e. The molecule has 23 heavy (non-hydrogen) atoms. The van der Waals surface area contributed by atoms with E-state index in [4.69, 9.17) is 51.1 Å². The summed E-state index contributed by atoms with van der Waals surface area (Å²) >= 11 is 24.8. The highest BCUT2D eigenvalue weighted by Crippen LogP contribution is 2.40. The number of rotatable bonds is 4. The molecule has 1 heterocycles. The van der Waals surface area contributed by atoms with Crippen molar-refractivity contribution in [1.29, 1.82) is 0 Å². The second kappa shape index (κ2) is 7.68. The van der Waals surface area contributed by atoms with E-state index in [0.29, 0.717) is 10.6 Å². The van der Waals surface area contributed by atoms with Gasteiger partial charge in [-0.05, 0) is 13.0 Å². The lowest BCUT2D eigenvalue weighted by molar-refractivity contribution is -0.119. The van der Waals surface area contributed by atoms with Crippen molar-refractivity contribution in [1.82, 2.24) is 4.98 Å². The van der Waals surface area contributed by atoms with Crippen molar-refractivity contribution in [2.75, 3.05) is 11.9 Å². The number of benzene rings is 1. The van der Waals surface area contributed by atoms with Gasteiger partial charge in [-0.15, -0.1) is 11.3 Å². The minimum Gasteiger partial charge on any atom is -0.451 e. The minimum absolute atomic E-state index is 0.0408. The summed E-state index contributed by atoms with van der Waals surface area (Å²) in [6, 6.07) is 1.36. The third-order valence-corrected chi connectivity index (χ3v) is 5.12. The van der Waals surface area contributed by atoms with Gasteiger partial charge in [-0.3, -0.25) is 4.79 Å². The van der Waals surface area contributed by atoms with Crippen molar-refractivity contribution < 1.29 is 14.3 Å². The van der Waals surface area contributed by atoms with Crippen LogP contribution < -0.4 is 5.32 Å². The Bertz CT molecular complexity index is 753. The second-order valence-corrected chi connectivity index (χ2v) is 6.66. The predicted molar refractivity (Wildman–Crippen MR) is 92.2 cm³/mol. The summed E-state index contributed by atoms with van der Waals surface area (Å²) in [5.74, 6) is -1.27. The molecule has 0 aliphatic rings. The first-order chi connectivity index (χ1) is 10.8. The number of carbonyl (C=O) groups excluding carboxylic acids is 2. The Balaban J connectivity index is 2.04. The smallest absolute Gasteiger partial charge is 0.350 e. The standard InChI is InChI=1S/C13H8Cl4N2O3S/c1-5-12(23-4-18-5)13(21)22-3-8(20)19-11-9(16)6(14)2-7(15)10(11)17/h2,4H,3H2,1H3,(H,19,20). The van der Waals surface area contributed by atoms with Crippen LogP contribution in [0.2, 0.25) is 20.1 Å². The van der Waals surface area contributed by atoms with E-state index in [0.717, 1.165) is 11.3 Å². The number of thiazole rings is 1. The van der Waals surface area contributed by atoms with Gasteiger partial charge >= 0.3 is 5.97 Å². The fourth-order valence-corrected chi connectivity index (χ4v) is 3.15. The van der Waals surface area contributed by atoms with E-state index in [-0.39, 0.29) is 25.8 Å².